The Morgan fingerprint density at radius 3 is 2.67 bits per heavy atom. The Kier molecular flexibility index (Phi) is 3.81. The minimum absolute atomic E-state index is 0.0998. The van der Waals surface area contributed by atoms with Crippen LogP contribution in [-0.2, 0) is 0 Å². The third-order valence-corrected chi connectivity index (χ3v) is 6.93. The van der Waals surface area contributed by atoms with Crippen LogP contribution in [-0.4, -0.2) is 11.9 Å². The topological polar surface area (TPSA) is 59.3 Å². The Morgan fingerprint density at radius 1 is 1.21 bits per heavy atom. The molecule has 0 spiro atoms. The Hall–Kier alpha value is -1.58. The monoisotopic (exact) mass is 329 g/mol. The van der Waals surface area contributed by atoms with Crippen LogP contribution in [0, 0.1) is 43.4 Å². The summed E-state index contributed by atoms with van der Waals surface area (Å²) in [6, 6.07) is 1.58. The molecule has 3 fully saturated rings. The van der Waals surface area contributed by atoms with Crippen molar-refractivity contribution in [2.75, 3.05) is 0 Å². The van der Waals surface area contributed by atoms with E-state index < -0.39 is 5.63 Å². The summed E-state index contributed by atoms with van der Waals surface area (Å²) in [5, 5.41) is 3.23. The van der Waals surface area contributed by atoms with E-state index in [9.17, 15) is 9.59 Å². The number of fused-ring (bicyclic) bond motifs is 2. The second-order valence-electron chi connectivity index (χ2n) is 8.35. The van der Waals surface area contributed by atoms with Crippen LogP contribution in [0.4, 0.5) is 0 Å². The molecule has 0 radical (unpaired) electrons. The van der Waals surface area contributed by atoms with Gasteiger partial charge in [-0.1, -0.05) is 0 Å². The van der Waals surface area contributed by atoms with Gasteiger partial charge in [0, 0.05) is 12.1 Å². The predicted octanol–water partition coefficient (Wildman–Crippen LogP) is 3.45. The van der Waals surface area contributed by atoms with Crippen LogP contribution in [0.1, 0.15) is 60.7 Å². The van der Waals surface area contributed by atoms with Crippen LogP contribution in [0.2, 0.25) is 0 Å². The Bertz CT molecular complexity index is 696. The second kappa shape index (κ2) is 5.75. The summed E-state index contributed by atoms with van der Waals surface area (Å²) in [6.45, 7) is 5.66. The van der Waals surface area contributed by atoms with Crippen molar-refractivity contribution in [3.63, 3.8) is 0 Å². The molecule has 0 unspecified atom stereocenters. The number of amides is 1. The van der Waals surface area contributed by atoms with Crippen molar-refractivity contribution >= 4 is 5.91 Å². The van der Waals surface area contributed by atoms with Crippen molar-refractivity contribution in [3.8, 4) is 0 Å². The number of hydrogen-bond acceptors (Lipinski definition) is 3. The second-order valence-corrected chi connectivity index (χ2v) is 8.35. The molecule has 24 heavy (non-hydrogen) atoms. The van der Waals surface area contributed by atoms with Gasteiger partial charge in [0.2, 0.25) is 0 Å². The summed E-state index contributed by atoms with van der Waals surface area (Å²) in [5.41, 5.74) is 0.822. The van der Waals surface area contributed by atoms with E-state index in [1.54, 1.807) is 13.8 Å². The van der Waals surface area contributed by atoms with E-state index in [1.807, 2.05) is 0 Å². The fraction of sp³-hybridized carbons (Fsp3) is 0.700. The molecule has 1 heterocycles. The lowest BCUT2D eigenvalue weighted by molar-refractivity contribution is 0.0518. The summed E-state index contributed by atoms with van der Waals surface area (Å²) >= 11 is 0. The van der Waals surface area contributed by atoms with Gasteiger partial charge in [0.25, 0.3) is 5.91 Å². The molecule has 1 aromatic heterocycles. The molecular weight excluding hydrogens is 302 g/mol. The average molecular weight is 329 g/mol. The molecule has 0 saturated heterocycles. The van der Waals surface area contributed by atoms with E-state index >= 15 is 0 Å². The minimum Gasteiger partial charge on any atom is -0.427 e. The number of aryl methyl sites for hydroxylation is 2. The number of rotatable bonds is 3. The number of hydrogen-bond donors (Lipinski definition) is 1. The SMILES string of the molecule is Cc1cc(=O)oc(C)c1C(=O)N[C@@H](C)[C@H]1[C@@H]2CC[C@H]3C[C@@H](C2)C[C@@H]31. The van der Waals surface area contributed by atoms with Gasteiger partial charge in [-0.3, -0.25) is 4.79 Å². The van der Waals surface area contributed by atoms with Crippen LogP contribution in [0.3, 0.4) is 0 Å². The van der Waals surface area contributed by atoms with Crippen LogP contribution in [0.15, 0.2) is 15.3 Å². The van der Waals surface area contributed by atoms with Crippen molar-refractivity contribution in [2.45, 2.75) is 58.9 Å². The fourth-order valence-corrected chi connectivity index (χ4v) is 6.20. The molecule has 1 aromatic rings. The molecule has 6 atom stereocenters. The van der Waals surface area contributed by atoms with Crippen molar-refractivity contribution in [1.29, 1.82) is 0 Å². The first-order valence-electron chi connectivity index (χ1n) is 9.36. The third kappa shape index (κ3) is 2.51. The summed E-state index contributed by atoms with van der Waals surface area (Å²) < 4.78 is 5.12. The van der Waals surface area contributed by atoms with Crippen molar-refractivity contribution in [2.24, 2.45) is 29.6 Å². The Balaban J connectivity index is 1.53. The summed E-state index contributed by atoms with van der Waals surface area (Å²) in [5.74, 6) is 4.33. The molecule has 4 heteroatoms. The lowest BCUT2D eigenvalue weighted by atomic mass is 9.62. The van der Waals surface area contributed by atoms with Crippen molar-refractivity contribution in [1.82, 2.24) is 5.32 Å². The van der Waals surface area contributed by atoms with Crippen molar-refractivity contribution < 1.29 is 9.21 Å². The highest BCUT2D eigenvalue weighted by atomic mass is 16.4. The van der Waals surface area contributed by atoms with Gasteiger partial charge in [-0.15, -0.1) is 0 Å². The van der Waals surface area contributed by atoms with Gasteiger partial charge >= 0.3 is 5.63 Å². The number of nitrogens with one attached hydrogen (secondary N) is 1. The van der Waals surface area contributed by atoms with Gasteiger partial charge in [0.15, 0.2) is 0 Å². The average Bonchev–Trinajstić information content (AvgIpc) is 2.68. The molecule has 3 aliphatic carbocycles. The molecule has 3 saturated carbocycles. The standard InChI is InChI=1S/C20H27NO3/c1-10-6-17(22)24-12(3)18(10)20(23)21-11(2)19-15-5-4-14-7-13(8-15)9-16(14)19/h6,11,13-16,19H,4-5,7-9H2,1-3H3,(H,21,23)/t11-,13-,14-,15+,16-,19-/m0/s1. The zero-order valence-corrected chi connectivity index (χ0v) is 14.8. The van der Waals surface area contributed by atoms with E-state index in [1.165, 1.54) is 38.2 Å². The normalized spacial score (nSPS) is 35.0. The summed E-state index contributed by atoms with van der Waals surface area (Å²) in [4.78, 5) is 24.2. The highest BCUT2D eigenvalue weighted by Crippen LogP contribution is 2.58. The molecule has 1 N–H and O–H groups in total. The molecule has 1 amide bonds. The first-order chi connectivity index (χ1) is 11.4. The molecular formula is C20H27NO3. The van der Waals surface area contributed by atoms with E-state index in [0.29, 0.717) is 22.8 Å². The van der Waals surface area contributed by atoms with E-state index in [2.05, 4.69) is 12.2 Å². The molecule has 0 aromatic carbocycles. The largest absolute Gasteiger partial charge is 0.427 e. The van der Waals surface area contributed by atoms with Crippen LogP contribution < -0.4 is 10.9 Å². The smallest absolute Gasteiger partial charge is 0.336 e. The summed E-state index contributed by atoms with van der Waals surface area (Å²) in [6.07, 6.45) is 6.87. The highest BCUT2D eigenvalue weighted by Gasteiger charge is 2.51. The lowest BCUT2D eigenvalue weighted by Gasteiger charge is -2.45. The predicted molar refractivity (Wildman–Crippen MR) is 91.9 cm³/mol. The molecule has 130 valence electrons. The molecule has 0 aliphatic heterocycles. The lowest BCUT2D eigenvalue weighted by Crippen LogP contribution is -2.48. The van der Waals surface area contributed by atoms with Gasteiger partial charge in [0.1, 0.15) is 5.76 Å². The summed E-state index contributed by atoms with van der Waals surface area (Å²) in [7, 11) is 0. The van der Waals surface area contributed by atoms with Crippen molar-refractivity contribution in [3.05, 3.63) is 33.4 Å². The zero-order valence-electron chi connectivity index (χ0n) is 14.8. The maximum absolute atomic E-state index is 12.8. The maximum Gasteiger partial charge on any atom is 0.336 e. The van der Waals surface area contributed by atoms with Gasteiger partial charge in [0.05, 0.1) is 5.56 Å². The first kappa shape index (κ1) is 15.9. The van der Waals surface area contributed by atoms with Crippen LogP contribution in [0.25, 0.3) is 0 Å². The Morgan fingerprint density at radius 2 is 1.92 bits per heavy atom. The van der Waals surface area contributed by atoms with Crippen LogP contribution >= 0.6 is 0 Å². The molecule has 4 rings (SSSR count). The number of carbonyl (C=O) groups excluding carboxylic acids is 1. The molecule has 4 nitrogen and oxygen atoms in total. The minimum atomic E-state index is -0.392. The van der Waals surface area contributed by atoms with Gasteiger partial charge in [-0.05, 0) is 88.0 Å². The maximum atomic E-state index is 12.8. The third-order valence-electron chi connectivity index (χ3n) is 6.93. The van der Waals surface area contributed by atoms with E-state index in [-0.39, 0.29) is 11.9 Å². The number of carbonyl (C=O) groups is 1. The first-order valence-corrected chi connectivity index (χ1v) is 9.36. The molecule has 3 bridgehead atoms. The van der Waals surface area contributed by atoms with E-state index in [0.717, 1.165) is 23.7 Å². The highest BCUT2D eigenvalue weighted by molar-refractivity contribution is 5.96. The zero-order chi connectivity index (χ0) is 17.0. The van der Waals surface area contributed by atoms with Gasteiger partial charge < -0.3 is 9.73 Å². The fourth-order valence-electron chi connectivity index (χ4n) is 6.20. The quantitative estimate of drug-likeness (QED) is 0.924. The Labute approximate surface area is 143 Å². The van der Waals surface area contributed by atoms with Gasteiger partial charge in [-0.2, -0.15) is 0 Å². The van der Waals surface area contributed by atoms with Crippen LogP contribution in [0.5, 0.6) is 0 Å². The molecule has 3 aliphatic rings. The van der Waals surface area contributed by atoms with Gasteiger partial charge in [-0.25, -0.2) is 4.79 Å². The van der Waals surface area contributed by atoms with E-state index in [4.69, 9.17) is 4.42 Å².